The second kappa shape index (κ2) is 11.2. The van der Waals surface area contributed by atoms with E-state index < -0.39 is 61.3 Å². The predicted octanol–water partition coefficient (Wildman–Crippen LogP) is 2.53. The molecule has 0 bridgehead atoms. The standard InChI is InChI=1S/C26H32F2N4O7/c1-14-5-6-16(22(28)21(14)27)17-11-32(31-29-17)23-24(36)19(12-33)38-18(25(23)37-13-20(34)35)9-15-10-26(39-30-15)7-3-2-4-8-26/h5-6,11,18-19,23-25,33,36H,2-4,7-10,12-13H2,1H3,(H,34,35)/t18-,19-,23+,24+,25+/m1/s1. The quantitative estimate of drug-likeness (QED) is 0.451. The maximum atomic E-state index is 14.7. The van der Waals surface area contributed by atoms with Crippen molar-refractivity contribution < 1.29 is 43.2 Å². The van der Waals surface area contributed by atoms with E-state index in [1.54, 1.807) is 0 Å². The lowest BCUT2D eigenvalue weighted by Crippen LogP contribution is -2.57. The lowest BCUT2D eigenvalue weighted by Gasteiger charge is -2.44. The van der Waals surface area contributed by atoms with Gasteiger partial charge in [0.25, 0.3) is 0 Å². The second-order valence-corrected chi connectivity index (χ2v) is 10.6. The van der Waals surface area contributed by atoms with Crippen LogP contribution in [0.4, 0.5) is 8.78 Å². The van der Waals surface area contributed by atoms with Crippen molar-refractivity contribution in [2.45, 2.75) is 87.9 Å². The Hall–Kier alpha value is -3.00. The van der Waals surface area contributed by atoms with E-state index in [1.165, 1.54) is 29.9 Å². The van der Waals surface area contributed by atoms with Gasteiger partial charge in [-0.2, -0.15) is 0 Å². The highest BCUT2D eigenvalue weighted by molar-refractivity contribution is 5.86. The van der Waals surface area contributed by atoms with Crippen LogP contribution in [0.1, 0.15) is 56.6 Å². The highest BCUT2D eigenvalue weighted by atomic mass is 19.2. The second-order valence-electron chi connectivity index (χ2n) is 10.6. The molecule has 212 valence electrons. The summed E-state index contributed by atoms with van der Waals surface area (Å²) in [6, 6.07) is 1.72. The molecule has 1 spiro atoms. The van der Waals surface area contributed by atoms with Gasteiger partial charge in [0.2, 0.25) is 0 Å². The Bertz CT molecular complexity index is 1230. The molecule has 1 aromatic carbocycles. The van der Waals surface area contributed by atoms with Gasteiger partial charge in [0, 0.05) is 18.4 Å². The minimum Gasteiger partial charge on any atom is -0.480 e. The van der Waals surface area contributed by atoms with Crippen LogP contribution in [0.15, 0.2) is 23.5 Å². The van der Waals surface area contributed by atoms with E-state index in [9.17, 15) is 28.9 Å². The highest BCUT2D eigenvalue weighted by Crippen LogP contribution is 2.41. The summed E-state index contributed by atoms with van der Waals surface area (Å²) in [5, 5.41) is 42.7. The van der Waals surface area contributed by atoms with E-state index in [2.05, 4.69) is 15.5 Å². The molecule has 3 aliphatic rings. The molecule has 2 fully saturated rings. The Morgan fingerprint density at radius 1 is 1.21 bits per heavy atom. The molecule has 1 saturated carbocycles. The molecule has 3 N–H and O–H groups in total. The van der Waals surface area contributed by atoms with E-state index in [-0.39, 0.29) is 28.8 Å². The number of nitrogens with zero attached hydrogens (tertiary/aromatic N) is 4. The summed E-state index contributed by atoms with van der Waals surface area (Å²) in [7, 11) is 0. The summed E-state index contributed by atoms with van der Waals surface area (Å²) < 4.78 is 41.8. The Kier molecular flexibility index (Phi) is 7.94. The van der Waals surface area contributed by atoms with Crippen molar-refractivity contribution in [1.29, 1.82) is 0 Å². The van der Waals surface area contributed by atoms with Crippen LogP contribution >= 0.6 is 0 Å². The molecule has 1 aromatic heterocycles. The fraction of sp³-hybridized carbons (Fsp3) is 0.615. The number of hydrogen-bond acceptors (Lipinski definition) is 9. The van der Waals surface area contributed by atoms with Gasteiger partial charge < -0.3 is 29.6 Å². The zero-order chi connectivity index (χ0) is 27.7. The zero-order valence-corrected chi connectivity index (χ0v) is 21.5. The molecule has 39 heavy (non-hydrogen) atoms. The Morgan fingerprint density at radius 2 is 1.97 bits per heavy atom. The number of aliphatic hydroxyl groups is 2. The third kappa shape index (κ3) is 5.53. The van der Waals surface area contributed by atoms with E-state index in [0.29, 0.717) is 12.1 Å². The lowest BCUT2D eigenvalue weighted by atomic mass is 9.80. The molecule has 13 heteroatoms. The maximum absolute atomic E-state index is 14.7. The fourth-order valence-corrected chi connectivity index (χ4v) is 5.81. The number of oxime groups is 1. The minimum absolute atomic E-state index is 0.00647. The highest BCUT2D eigenvalue weighted by Gasteiger charge is 2.49. The first kappa shape index (κ1) is 27.6. The number of benzene rings is 1. The largest absolute Gasteiger partial charge is 0.480 e. The minimum atomic E-state index is -1.38. The summed E-state index contributed by atoms with van der Waals surface area (Å²) in [6.45, 7) is 0.211. The molecule has 2 aromatic rings. The normalized spacial score (nSPS) is 28.3. The van der Waals surface area contributed by atoms with E-state index in [4.69, 9.17) is 14.3 Å². The molecule has 0 radical (unpaired) electrons. The summed E-state index contributed by atoms with van der Waals surface area (Å²) in [4.78, 5) is 17.2. The Balaban J connectivity index is 1.44. The Morgan fingerprint density at radius 3 is 2.69 bits per heavy atom. The molecule has 1 saturated heterocycles. The first-order valence-electron chi connectivity index (χ1n) is 13.1. The summed E-state index contributed by atoms with van der Waals surface area (Å²) in [5.41, 5.74) is 0.386. The molecule has 1 aliphatic carbocycles. The van der Waals surface area contributed by atoms with Crippen molar-refractivity contribution in [2.24, 2.45) is 5.16 Å². The van der Waals surface area contributed by atoms with Gasteiger partial charge in [0.1, 0.15) is 42.3 Å². The van der Waals surface area contributed by atoms with Crippen molar-refractivity contribution in [3.63, 3.8) is 0 Å². The number of carbonyl (C=O) groups is 1. The predicted molar refractivity (Wildman–Crippen MR) is 132 cm³/mol. The van der Waals surface area contributed by atoms with Crippen molar-refractivity contribution in [3.8, 4) is 11.3 Å². The zero-order valence-electron chi connectivity index (χ0n) is 21.5. The number of aryl methyl sites for hydroxylation is 1. The van der Waals surface area contributed by atoms with Crippen molar-refractivity contribution in [3.05, 3.63) is 35.5 Å². The van der Waals surface area contributed by atoms with Crippen LogP contribution in [-0.4, -0.2) is 85.2 Å². The molecule has 0 amide bonds. The topological polar surface area (TPSA) is 149 Å². The van der Waals surface area contributed by atoms with Crippen LogP contribution in [0.5, 0.6) is 0 Å². The van der Waals surface area contributed by atoms with Crippen molar-refractivity contribution in [2.75, 3.05) is 13.2 Å². The average Bonchev–Trinajstić information content (AvgIpc) is 3.55. The molecule has 5 atom stereocenters. The number of aromatic nitrogens is 3. The molecular weight excluding hydrogens is 518 g/mol. The smallest absolute Gasteiger partial charge is 0.329 e. The summed E-state index contributed by atoms with van der Waals surface area (Å²) in [5.74, 6) is -3.33. The number of halogens is 2. The number of aliphatic hydroxyl groups excluding tert-OH is 2. The number of carboxylic acid groups (broad SMARTS) is 1. The van der Waals surface area contributed by atoms with Gasteiger partial charge in [-0.05, 0) is 44.2 Å². The SMILES string of the molecule is Cc1ccc(-c2cn([C@H]3[C@@H](O)[C@@H](CO)O[C@H](CC4=NOC5(CCCCC5)C4)[C@@H]3OCC(=O)O)nn2)c(F)c1F. The Labute approximate surface area is 223 Å². The van der Waals surface area contributed by atoms with Gasteiger partial charge in [-0.3, -0.25) is 0 Å². The summed E-state index contributed by atoms with van der Waals surface area (Å²) >= 11 is 0. The van der Waals surface area contributed by atoms with Crippen LogP contribution in [0.25, 0.3) is 11.3 Å². The number of rotatable bonds is 8. The molecule has 5 rings (SSSR count). The van der Waals surface area contributed by atoms with Crippen molar-refractivity contribution in [1.82, 2.24) is 15.0 Å². The number of ether oxygens (including phenoxy) is 2. The molecule has 0 unspecified atom stereocenters. The molecule has 3 heterocycles. The fourth-order valence-electron chi connectivity index (χ4n) is 5.81. The van der Waals surface area contributed by atoms with Crippen molar-refractivity contribution >= 4 is 11.7 Å². The van der Waals surface area contributed by atoms with Crippen LogP contribution < -0.4 is 0 Å². The van der Waals surface area contributed by atoms with Crippen LogP contribution in [-0.2, 0) is 19.1 Å². The van der Waals surface area contributed by atoms with Gasteiger partial charge in [-0.25, -0.2) is 18.3 Å². The maximum Gasteiger partial charge on any atom is 0.329 e. The van der Waals surface area contributed by atoms with E-state index >= 15 is 0 Å². The summed E-state index contributed by atoms with van der Waals surface area (Å²) in [6.07, 6.45) is 2.84. The number of aliphatic carboxylic acids is 1. The van der Waals surface area contributed by atoms with Gasteiger partial charge in [-0.1, -0.05) is 22.9 Å². The number of carboxylic acids is 1. The molecular formula is C26H32F2N4O7. The first-order valence-corrected chi connectivity index (χ1v) is 13.1. The van der Waals surface area contributed by atoms with Crippen LogP contribution in [0, 0.1) is 18.6 Å². The van der Waals surface area contributed by atoms with Crippen LogP contribution in [0.3, 0.4) is 0 Å². The van der Waals surface area contributed by atoms with Crippen LogP contribution in [0.2, 0.25) is 0 Å². The number of hydrogen-bond donors (Lipinski definition) is 3. The first-order chi connectivity index (χ1) is 18.7. The van der Waals surface area contributed by atoms with E-state index in [0.717, 1.165) is 32.1 Å². The van der Waals surface area contributed by atoms with Gasteiger partial charge >= 0.3 is 5.97 Å². The van der Waals surface area contributed by atoms with Gasteiger partial charge in [0.05, 0.1) is 24.6 Å². The third-order valence-corrected chi connectivity index (χ3v) is 7.83. The molecule has 2 aliphatic heterocycles. The van der Waals surface area contributed by atoms with Gasteiger partial charge in [0.15, 0.2) is 11.6 Å². The van der Waals surface area contributed by atoms with E-state index in [1.807, 2.05) is 0 Å². The third-order valence-electron chi connectivity index (χ3n) is 7.83. The van der Waals surface area contributed by atoms with Gasteiger partial charge in [-0.15, -0.1) is 5.10 Å². The average molecular weight is 551 g/mol. The lowest BCUT2D eigenvalue weighted by molar-refractivity contribution is -0.218. The monoisotopic (exact) mass is 550 g/mol. The molecule has 11 nitrogen and oxygen atoms in total.